The van der Waals surface area contributed by atoms with Crippen LogP contribution in [0, 0.1) is 0 Å². The smallest absolute Gasteiger partial charge is 0.164 e. The molecular formula is C45H26N4OS. The first-order valence-electron chi connectivity index (χ1n) is 19.0. The van der Waals surface area contributed by atoms with Gasteiger partial charge >= 0.3 is 0 Å². The predicted molar refractivity (Wildman–Crippen MR) is 211 cm³/mol. The molecule has 0 saturated heterocycles. The molecule has 0 bridgehead atoms. The summed E-state index contributed by atoms with van der Waals surface area (Å²) in [7, 11) is 0. The fraction of sp³-hybridized carbons (Fsp3) is 0. The molecule has 6 heteroatoms. The maximum atomic E-state index is 8.87. The monoisotopic (exact) mass is 675 g/mol. The normalized spacial score (nSPS) is 13.3. The van der Waals surface area contributed by atoms with Crippen molar-refractivity contribution in [3.05, 3.63) is 158 Å². The standard InChI is InChI=1S/C45H26N4OS/c1-2-12-27(13-3-1)43-46-44(32-17-10-22-38-41(32)31-16-6-9-21-37(31)50-38)48-45(47-43)33-18-11-23-40-42(33)34-26-28(24-25-39(34)51-40)49-35-19-7-4-14-29(35)30-15-5-8-20-36(30)49/h1-26H/i1D,2D,3D,12D,13D. The number of para-hydroxylation sites is 3. The minimum absolute atomic E-state index is 0.0192. The molecule has 0 unspecified atom stereocenters. The zero-order valence-corrected chi connectivity index (χ0v) is 27.5. The van der Waals surface area contributed by atoms with Crippen molar-refractivity contribution in [2.75, 3.05) is 0 Å². The molecule has 11 aromatic rings. The van der Waals surface area contributed by atoms with E-state index in [0.29, 0.717) is 22.6 Å². The molecule has 7 aromatic carbocycles. The van der Waals surface area contributed by atoms with E-state index in [0.717, 1.165) is 53.2 Å². The van der Waals surface area contributed by atoms with Crippen molar-refractivity contribution < 1.29 is 11.3 Å². The molecule has 0 atom stereocenters. The van der Waals surface area contributed by atoms with E-state index >= 15 is 0 Å². The number of thiophene rings is 1. The lowest BCUT2D eigenvalue weighted by molar-refractivity contribution is 0.669. The molecule has 0 saturated carbocycles. The minimum Gasteiger partial charge on any atom is -0.456 e. The number of hydrogen-bond acceptors (Lipinski definition) is 5. The van der Waals surface area contributed by atoms with Gasteiger partial charge in [-0.3, -0.25) is 0 Å². The molecular weight excluding hydrogens is 645 g/mol. The van der Waals surface area contributed by atoms with Gasteiger partial charge in [0.2, 0.25) is 0 Å². The van der Waals surface area contributed by atoms with Gasteiger partial charge < -0.3 is 8.98 Å². The van der Waals surface area contributed by atoms with Crippen molar-refractivity contribution in [1.29, 1.82) is 0 Å². The van der Waals surface area contributed by atoms with Gasteiger partial charge in [0.15, 0.2) is 17.5 Å². The second-order valence-electron chi connectivity index (χ2n) is 12.4. The second-order valence-corrected chi connectivity index (χ2v) is 13.5. The fourth-order valence-electron chi connectivity index (χ4n) is 7.39. The Morgan fingerprint density at radius 1 is 0.510 bits per heavy atom. The molecule has 4 aromatic heterocycles. The molecule has 0 N–H and O–H groups in total. The summed E-state index contributed by atoms with van der Waals surface area (Å²) in [5.41, 5.74) is 5.90. The molecule has 51 heavy (non-hydrogen) atoms. The van der Waals surface area contributed by atoms with Crippen molar-refractivity contribution >= 4 is 75.3 Å². The molecule has 0 spiro atoms. The van der Waals surface area contributed by atoms with E-state index in [1.54, 1.807) is 11.3 Å². The van der Waals surface area contributed by atoms with Gasteiger partial charge in [0, 0.05) is 64.1 Å². The lowest BCUT2D eigenvalue weighted by Gasteiger charge is -2.11. The number of benzene rings is 7. The lowest BCUT2D eigenvalue weighted by Crippen LogP contribution is -2.00. The SMILES string of the molecule is [2H]c1c([2H])c([2H])c(-c2nc(-c3cccc4oc5ccccc5c34)nc(-c3cccc4sc5ccc(-n6c7ccccc7c7ccccc76)cc5c34)n2)c([2H])c1[2H]. The second kappa shape index (κ2) is 10.9. The van der Waals surface area contributed by atoms with E-state index in [4.69, 9.17) is 26.2 Å². The Hall–Kier alpha value is -6.63. The van der Waals surface area contributed by atoms with E-state index in [1.807, 2.05) is 54.6 Å². The van der Waals surface area contributed by atoms with Crippen molar-refractivity contribution in [3.8, 4) is 39.9 Å². The Balaban J connectivity index is 1.21. The van der Waals surface area contributed by atoms with E-state index in [1.165, 1.54) is 10.8 Å². The van der Waals surface area contributed by atoms with Gasteiger partial charge in [-0.15, -0.1) is 11.3 Å². The summed E-state index contributed by atoms with van der Waals surface area (Å²) < 4.78 is 53.5. The fourth-order valence-corrected chi connectivity index (χ4v) is 8.50. The molecule has 5 nitrogen and oxygen atoms in total. The minimum atomic E-state index is -0.485. The molecule has 0 radical (unpaired) electrons. The van der Waals surface area contributed by atoms with Crippen LogP contribution in [0.1, 0.15) is 6.85 Å². The molecule has 11 rings (SSSR count). The van der Waals surface area contributed by atoms with Gasteiger partial charge in [0.05, 0.1) is 17.9 Å². The quantitative estimate of drug-likeness (QED) is 0.186. The van der Waals surface area contributed by atoms with Crippen molar-refractivity contribution in [2.45, 2.75) is 0 Å². The highest BCUT2D eigenvalue weighted by atomic mass is 32.1. The third-order valence-electron chi connectivity index (χ3n) is 9.56. The first-order valence-corrected chi connectivity index (χ1v) is 17.4. The average molecular weight is 676 g/mol. The molecule has 4 heterocycles. The van der Waals surface area contributed by atoms with Gasteiger partial charge in [-0.1, -0.05) is 109 Å². The molecule has 0 amide bonds. The Kier molecular flexibility index (Phi) is 5.08. The van der Waals surface area contributed by atoms with E-state index in [9.17, 15) is 0 Å². The van der Waals surface area contributed by atoms with Gasteiger partial charge in [-0.25, -0.2) is 15.0 Å². The Morgan fingerprint density at radius 3 is 1.90 bits per heavy atom. The van der Waals surface area contributed by atoms with Gasteiger partial charge in [-0.05, 0) is 48.5 Å². The zero-order chi connectivity index (χ0) is 37.8. The Bertz CT molecular complexity index is 3380. The maximum absolute atomic E-state index is 8.87. The highest BCUT2D eigenvalue weighted by molar-refractivity contribution is 7.26. The van der Waals surface area contributed by atoms with E-state index < -0.39 is 18.1 Å². The third kappa shape index (κ3) is 4.30. The third-order valence-corrected chi connectivity index (χ3v) is 10.7. The van der Waals surface area contributed by atoms with Crippen LogP contribution >= 0.6 is 11.3 Å². The molecule has 0 aliphatic rings. The van der Waals surface area contributed by atoms with Crippen molar-refractivity contribution in [2.24, 2.45) is 0 Å². The summed E-state index contributed by atoms with van der Waals surface area (Å²) in [4.78, 5) is 14.9. The number of nitrogens with zero attached hydrogens (tertiary/aromatic N) is 4. The molecule has 0 aliphatic carbocycles. The van der Waals surface area contributed by atoms with E-state index in [-0.39, 0.29) is 29.3 Å². The highest BCUT2D eigenvalue weighted by Crippen LogP contribution is 2.42. The van der Waals surface area contributed by atoms with Gasteiger partial charge in [0.25, 0.3) is 0 Å². The Morgan fingerprint density at radius 2 is 1.14 bits per heavy atom. The first kappa shape index (κ1) is 23.7. The lowest BCUT2D eigenvalue weighted by atomic mass is 10.0. The van der Waals surface area contributed by atoms with Crippen molar-refractivity contribution in [3.63, 3.8) is 0 Å². The topological polar surface area (TPSA) is 56.7 Å². The summed E-state index contributed by atoms with van der Waals surface area (Å²) in [6.45, 7) is 0. The van der Waals surface area contributed by atoms with Crippen LogP contribution in [0.3, 0.4) is 0 Å². The van der Waals surface area contributed by atoms with Crippen LogP contribution in [-0.2, 0) is 0 Å². The number of hydrogen-bond donors (Lipinski definition) is 0. The summed E-state index contributed by atoms with van der Waals surface area (Å²) in [6.07, 6.45) is 0. The summed E-state index contributed by atoms with van der Waals surface area (Å²) >= 11 is 1.68. The number of fused-ring (bicyclic) bond motifs is 9. The number of aromatic nitrogens is 4. The van der Waals surface area contributed by atoms with Gasteiger partial charge in [-0.2, -0.15) is 0 Å². The van der Waals surface area contributed by atoms with Crippen LogP contribution < -0.4 is 0 Å². The van der Waals surface area contributed by atoms with Crippen LogP contribution in [0.4, 0.5) is 0 Å². The van der Waals surface area contributed by atoms with Crippen LogP contribution in [-0.4, -0.2) is 19.5 Å². The molecule has 0 fully saturated rings. The average Bonchev–Trinajstić information content (AvgIpc) is 3.91. The van der Waals surface area contributed by atoms with Crippen LogP contribution in [0.25, 0.3) is 104 Å². The summed E-state index contributed by atoms with van der Waals surface area (Å²) in [6, 6.07) is 40.7. The Labute approximate surface area is 302 Å². The van der Waals surface area contributed by atoms with Crippen molar-refractivity contribution in [1.82, 2.24) is 19.5 Å². The highest BCUT2D eigenvalue weighted by Gasteiger charge is 2.20. The summed E-state index contributed by atoms with van der Waals surface area (Å²) in [5, 5.41) is 6.02. The maximum Gasteiger partial charge on any atom is 0.164 e. The molecule has 238 valence electrons. The number of furan rings is 1. The molecule has 0 aliphatic heterocycles. The van der Waals surface area contributed by atoms with Gasteiger partial charge in [0.1, 0.15) is 11.2 Å². The van der Waals surface area contributed by atoms with E-state index in [2.05, 4.69) is 77.4 Å². The summed E-state index contributed by atoms with van der Waals surface area (Å²) in [5.74, 6) is 0.583. The zero-order valence-electron chi connectivity index (χ0n) is 31.7. The predicted octanol–water partition coefficient (Wildman–Crippen LogP) is 12.2. The first-order chi connectivity index (χ1) is 27.4. The van der Waals surface area contributed by atoms with Crippen LogP contribution in [0.2, 0.25) is 0 Å². The van der Waals surface area contributed by atoms with Crippen LogP contribution in [0.5, 0.6) is 0 Å². The largest absolute Gasteiger partial charge is 0.456 e. The van der Waals surface area contributed by atoms with Crippen LogP contribution in [0.15, 0.2) is 162 Å². The number of rotatable bonds is 4.